The van der Waals surface area contributed by atoms with Crippen molar-refractivity contribution in [3.8, 4) is 0 Å². The zero-order valence-corrected chi connectivity index (χ0v) is 23.8. The Balaban J connectivity index is 2.26. The Morgan fingerprint density at radius 2 is 0.706 bits per heavy atom. The molecule has 0 aliphatic carbocycles. The van der Waals surface area contributed by atoms with Gasteiger partial charge in [-0.1, -0.05) is 0 Å². The Morgan fingerprint density at radius 1 is 0.471 bits per heavy atom. The van der Waals surface area contributed by atoms with Gasteiger partial charge in [-0.2, -0.15) is 0 Å². The molecular weight excluding hydrogens is 431 g/mol. The van der Waals surface area contributed by atoms with Gasteiger partial charge in [0.2, 0.25) is 0 Å². The summed E-state index contributed by atoms with van der Waals surface area (Å²) in [7, 11) is -2.42. The Kier molecular flexibility index (Phi) is 7.52. The van der Waals surface area contributed by atoms with E-state index < -0.39 is 7.26 Å². The predicted molar refractivity (Wildman–Crippen MR) is 155 cm³/mol. The summed E-state index contributed by atoms with van der Waals surface area (Å²) in [5, 5.41) is 14.5. The number of rotatable bonds is 5. The van der Waals surface area contributed by atoms with Crippen molar-refractivity contribution in [3.63, 3.8) is 0 Å². The van der Waals surface area contributed by atoms with Crippen molar-refractivity contribution in [2.24, 2.45) is 0 Å². The van der Waals surface area contributed by atoms with E-state index in [-0.39, 0.29) is 22.9 Å². The standard InChI is InChI=1S/C32H45OP/c1-30(2,3)24-10-16-27(17-11-24)34(23-22-33,28-18-12-25(13-19-28)31(4,5)6)29-20-14-26(15-21-29)32(7,8)9/h10-21,33-34H,22-23H2,1-9H3. The van der Waals surface area contributed by atoms with Crippen molar-refractivity contribution >= 4 is 23.2 Å². The van der Waals surface area contributed by atoms with E-state index in [1.165, 1.54) is 32.6 Å². The molecule has 0 bridgehead atoms. The van der Waals surface area contributed by atoms with Crippen LogP contribution in [0.1, 0.15) is 79.0 Å². The average Bonchev–Trinajstić information content (AvgIpc) is 2.76. The summed E-state index contributed by atoms with van der Waals surface area (Å²) in [6.45, 7) is 20.5. The normalized spacial score (nSPS) is 13.7. The quantitative estimate of drug-likeness (QED) is 0.412. The summed E-state index contributed by atoms with van der Waals surface area (Å²) in [6.07, 6.45) is 0.769. The van der Waals surface area contributed by atoms with Gasteiger partial charge in [-0.25, -0.2) is 0 Å². The first kappa shape index (κ1) is 26.7. The van der Waals surface area contributed by atoms with E-state index in [0.29, 0.717) is 0 Å². The van der Waals surface area contributed by atoms with Crippen LogP contribution in [0.4, 0.5) is 0 Å². The van der Waals surface area contributed by atoms with E-state index in [9.17, 15) is 5.11 Å². The Bertz CT molecular complexity index is 931. The first-order valence-corrected chi connectivity index (χ1v) is 14.8. The Labute approximate surface area is 209 Å². The SMILES string of the molecule is CC(C)(C)c1ccc([PH](CCO)(c2ccc(C(C)(C)C)cc2)c2ccc(C(C)(C)C)cc2)cc1. The van der Waals surface area contributed by atoms with E-state index in [2.05, 4.69) is 135 Å². The fourth-order valence-electron chi connectivity index (χ4n) is 4.86. The van der Waals surface area contributed by atoms with E-state index in [4.69, 9.17) is 0 Å². The Hall–Kier alpha value is -1.95. The van der Waals surface area contributed by atoms with Crippen molar-refractivity contribution in [2.75, 3.05) is 12.8 Å². The van der Waals surface area contributed by atoms with Gasteiger partial charge in [0.05, 0.1) is 0 Å². The van der Waals surface area contributed by atoms with Gasteiger partial charge < -0.3 is 0 Å². The van der Waals surface area contributed by atoms with Crippen LogP contribution in [0.25, 0.3) is 0 Å². The second-order valence-corrected chi connectivity index (χ2v) is 16.9. The van der Waals surface area contributed by atoms with Crippen LogP contribution < -0.4 is 15.9 Å². The zero-order chi connectivity index (χ0) is 25.4. The molecule has 0 unspecified atom stereocenters. The second kappa shape index (κ2) is 9.60. The zero-order valence-electron chi connectivity index (χ0n) is 22.8. The monoisotopic (exact) mass is 476 g/mol. The van der Waals surface area contributed by atoms with E-state index in [1.54, 1.807) is 0 Å². The molecule has 0 aliphatic heterocycles. The minimum absolute atomic E-state index is 0.114. The van der Waals surface area contributed by atoms with Gasteiger partial charge in [-0.15, -0.1) is 0 Å². The van der Waals surface area contributed by atoms with E-state index >= 15 is 0 Å². The molecular formula is C32H45OP. The molecule has 0 saturated carbocycles. The molecule has 0 atom stereocenters. The molecule has 184 valence electrons. The summed E-state index contributed by atoms with van der Waals surface area (Å²) in [6, 6.07) is 27.7. The second-order valence-electron chi connectivity index (χ2n) is 12.9. The van der Waals surface area contributed by atoms with E-state index in [1.807, 2.05) is 0 Å². The van der Waals surface area contributed by atoms with Crippen molar-refractivity contribution in [1.29, 1.82) is 0 Å². The molecule has 0 fully saturated rings. The number of aliphatic hydroxyl groups excluding tert-OH is 1. The molecule has 0 spiro atoms. The van der Waals surface area contributed by atoms with Gasteiger partial charge in [0.1, 0.15) is 0 Å². The van der Waals surface area contributed by atoms with Gasteiger partial charge in [0, 0.05) is 0 Å². The molecule has 3 aromatic rings. The fraction of sp³-hybridized carbons (Fsp3) is 0.438. The third-order valence-electron chi connectivity index (χ3n) is 7.22. The summed E-state index contributed by atoms with van der Waals surface area (Å²) >= 11 is 0. The molecule has 34 heavy (non-hydrogen) atoms. The molecule has 0 saturated heterocycles. The molecule has 3 aromatic carbocycles. The number of benzene rings is 3. The van der Waals surface area contributed by atoms with E-state index in [0.717, 1.165) is 6.16 Å². The van der Waals surface area contributed by atoms with Crippen LogP contribution in [0.15, 0.2) is 72.8 Å². The average molecular weight is 477 g/mol. The summed E-state index contributed by atoms with van der Waals surface area (Å²) in [5.41, 5.74) is 4.37. The molecule has 0 heterocycles. The first-order valence-electron chi connectivity index (χ1n) is 12.6. The molecule has 0 amide bonds. The van der Waals surface area contributed by atoms with Crippen LogP contribution in [0, 0.1) is 0 Å². The molecule has 0 aromatic heterocycles. The number of aliphatic hydroxyl groups is 1. The summed E-state index contributed by atoms with van der Waals surface area (Å²) < 4.78 is 0. The predicted octanol–water partition coefficient (Wildman–Crippen LogP) is 6.60. The molecule has 2 heteroatoms. The van der Waals surface area contributed by atoms with Crippen molar-refractivity contribution in [3.05, 3.63) is 89.5 Å². The molecule has 3 rings (SSSR count). The van der Waals surface area contributed by atoms with Crippen LogP contribution >= 0.6 is 7.26 Å². The molecule has 0 aliphatic rings. The maximum atomic E-state index is 10.4. The van der Waals surface area contributed by atoms with Gasteiger partial charge in [0.15, 0.2) is 0 Å². The van der Waals surface area contributed by atoms with Gasteiger partial charge in [-0.05, 0) is 0 Å². The van der Waals surface area contributed by atoms with Crippen LogP contribution in [-0.4, -0.2) is 17.9 Å². The topological polar surface area (TPSA) is 20.2 Å². The fourth-order valence-corrected chi connectivity index (χ4v) is 9.27. The molecule has 1 N–H and O–H groups in total. The Morgan fingerprint density at radius 3 is 0.882 bits per heavy atom. The summed E-state index contributed by atoms with van der Waals surface area (Å²) in [5.74, 6) is 0. The van der Waals surface area contributed by atoms with Gasteiger partial charge in [0.25, 0.3) is 0 Å². The third-order valence-corrected chi connectivity index (χ3v) is 12.1. The van der Waals surface area contributed by atoms with Crippen LogP contribution in [0.3, 0.4) is 0 Å². The molecule has 1 nitrogen and oxygen atoms in total. The maximum absolute atomic E-state index is 10.4. The number of hydrogen-bond donors (Lipinski definition) is 1. The van der Waals surface area contributed by atoms with Crippen LogP contribution in [0.5, 0.6) is 0 Å². The summed E-state index contributed by atoms with van der Waals surface area (Å²) in [4.78, 5) is 0. The third kappa shape index (κ3) is 5.48. The van der Waals surface area contributed by atoms with Gasteiger partial charge in [-0.3, -0.25) is 0 Å². The minimum atomic E-state index is -2.42. The van der Waals surface area contributed by atoms with Crippen LogP contribution in [-0.2, 0) is 16.2 Å². The van der Waals surface area contributed by atoms with Crippen molar-refractivity contribution in [2.45, 2.75) is 78.6 Å². The molecule has 0 radical (unpaired) electrons. The van der Waals surface area contributed by atoms with Crippen molar-refractivity contribution < 1.29 is 5.11 Å². The van der Waals surface area contributed by atoms with Gasteiger partial charge >= 0.3 is 209 Å². The number of hydrogen-bond acceptors (Lipinski definition) is 1. The van der Waals surface area contributed by atoms with Crippen LogP contribution in [0.2, 0.25) is 0 Å². The first-order chi connectivity index (χ1) is 15.7. The van der Waals surface area contributed by atoms with Crippen molar-refractivity contribution in [1.82, 2.24) is 0 Å².